The van der Waals surface area contributed by atoms with Crippen LogP contribution in [0.15, 0.2) is 24.3 Å². The molecule has 1 unspecified atom stereocenters. The van der Waals surface area contributed by atoms with E-state index >= 15 is 0 Å². The van der Waals surface area contributed by atoms with Gasteiger partial charge in [0.05, 0.1) is 10.6 Å². The number of hydrogen-bond donors (Lipinski definition) is 1. The van der Waals surface area contributed by atoms with Crippen LogP contribution in [0.5, 0.6) is 0 Å². The smallest absolute Gasteiger partial charge is 0.0772 e. The molecule has 0 aliphatic carbocycles. The summed E-state index contributed by atoms with van der Waals surface area (Å²) in [5.41, 5.74) is 2.28. The molecule has 1 aromatic heterocycles. The molecule has 2 rings (SSSR count). The highest BCUT2D eigenvalue weighted by atomic mass is 35.5. The number of aryl methyl sites for hydroxylation is 1. The van der Waals surface area contributed by atoms with E-state index in [1.165, 1.54) is 22.0 Å². The van der Waals surface area contributed by atoms with Gasteiger partial charge >= 0.3 is 0 Å². The average molecular weight is 282 g/mol. The molecule has 0 aliphatic heterocycles. The molecule has 0 radical (unpaired) electrons. The lowest BCUT2D eigenvalue weighted by molar-refractivity contribution is 0.555. The largest absolute Gasteiger partial charge is 0.309 e. The summed E-state index contributed by atoms with van der Waals surface area (Å²) in [4.78, 5) is 1.21. The van der Waals surface area contributed by atoms with Gasteiger partial charge in [0.15, 0.2) is 0 Å². The number of likely N-dealkylation sites (N-methyl/N-ethyl adjacent to an activating group) is 1. The molecule has 1 N–H and O–H groups in total. The monoisotopic (exact) mass is 281 g/mol. The summed E-state index contributed by atoms with van der Waals surface area (Å²) >= 11 is 7.37. The second kappa shape index (κ2) is 6.27. The number of nitrogens with zero attached hydrogens (tertiary/aromatic N) is 2. The molecule has 1 aromatic carbocycles. The molecular weight excluding hydrogens is 266 g/mol. The summed E-state index contributed by atoms with van der Waals surface area (Å²) in [6.45, 7) is 5.04. The van der Waals surface area contributed by atoms with Crippen molar-refractivity contribution in [3.05, 3.63) is 45.4 Å². The van der Waals surface area contributed by atoms with Crippen molar-refractivity contribution in [2.45, 2.75) is 26.3 Å². The molecule has 5 heteroatoms. The molecule has 3 nitrogen and oxygen atoms in total. The van der Waals surface area contributed by atoms with Crippen LogP contribution in [0.4, 0.5) is 0 Å². The van der Waals surface area contributed by atoms with E-state index in [0.717, 1.165) is 23.7 Å². The van der Waals surface area contributed by atoms with Crippen molar-refractivity contribution in [3.8, 4) is 0 Å². The van der Waals surface area contributed by atoms with E-state index in [4.69, 9.17) is 11.6 Å². The van der Waals surface area contributed by atoms with Crippen molar-refractivity contribution in [2.24, 2.45) is 0 Å². The van der Waals surface area contributed by atoms with E-state index in [0.29, 0.717) is 0 Å². The van der Waals surface area contributed by atoms with Gasteiger partial charge in [-0.05, 0) is 49.1 Å². The minimum Gasteiger partial charge on any atom is -0.309 e. The number of hydrogen-bond acceptors (Lipinski definition) is 4. The second-order valence-corrected chi connectivity index (χ2v) is 5.39. The van der Waals surface area contributed by atoms with Gasteiger partial charge in [0, 0.05) is 11.1 Å². The fraction of sp³-hybridized carbons (Fsp3) is 0.385. The maximum atomic E-state index is 5.90. The molecule has 18 heavy (non-hydrogen) atoms. The normalized spacial score (nSPS) is 12.6. The highest BCUT2D eigenvalue weighted by molar-refractivity contribution is 7.05. The topological polar surface area (TPSA) is 37.8 Å². The fourth-order valence-electron chi connectivity index (χ4n) is 1.92. The number of benzene rings is 1. The Labute approximate surface area is 116 Å². The minimum absolute atomic E-state index is 0.274. The molecule has 0 fully saturated rings. The molecule has 0 saturated carbocycles. The molecule has 0 aliphatic rings. The van der Waals surface area contributed by atoms with E-state index in [1.807, 2.05) is 19.1 Å². The highest BCUT2D eigenvalue weighted by Gasteiger charge is 2.16. The first-order valence-electron chi connectivity index (χ1n) is 5.97. The van der Waals surface area contributed by atoms with Crippen LogP contribution >= 0.6 is 23.1 Å². The van der Waals surface area contributed by atoms with Crippen LogP contribution in [0.2, 0.25) is 5.02 Å². The first-order valence-corrected chi connectivity index (χ1v) is 7.12. The third-order valence-electron chi connectivity index (χ3n) is 2.81. The van der Waals surface area contributed by atoms with E-state index in [-0.39, 0.29) is 6.04 Å². The van der Waals surface area contributed by atoms with Gasteiger partial charge in [-0.2, -0.15) is 0 Å². The van der Waals surface area contributed by atoms with Gasteiger partial charge < -0.3 is 5.32 Å². The highest BCUT2D eigenvalue weighted by Crippen LogP contribution is 2.24. The Morgan fingerprint density at radius 2 is 2.06 bits per heavy atom. The predicted octanol–water partition coefficient (Wildman–Crippen LogP) is 3.39. The standard InChI is InChI=1S/C13H16ClN3S/c1-3-15-12(13-9(2)16-17-18-13)8-10-4-6-11(14)7-5-10/h4-7,12,15H,3,8H2,1-2H3. The lowest BCUT2D eigenvalue weighted by atomic mass is 10.0. The predicted molar refractivity (Wildman–Crippen MR) is 76.2 cm³/mol. The summed E-state index contributed by atoms with van der Waals surface area (Å²) < 4.78 is 4.01. The van der Waals surface area contributed by atoms with Crippen LogP contribution < -0.4 is 5.32 Å². The number of nitrogens with one attached hydrogen (secondary N) is 1. The Hall–Kier alpha value is -0.970. The van der Waals surface area contributed by atoms with Crippen molar-refractivity contribution in [1.82, 2.24) is 14.9 Å². The van der Waals surface area contributed by atoms with Crippen molar-refractivity contribution in [1.29, 1.82) is 0 Å². The first-order chi connectivity index (χ1) is 8.70. The third-order valence-corrected chi connectivity index (χ3v) is 4.00. The van der Waals surface area contributed by atoms with E-state index < -0.39 is 0 Å². The van der Waals surface area contributed by atoms with Gasteiger partial charge in [-0.1, -0.05) is 35.1 Å². The van der Waals surface area contributed by atoms with Crippen molar-refractivity contribution in [3.63, 3.8) is 0 Å². The molecule has 1 atom stereocenters. The maximum absolute atomic E-state index is 5.90. The number of aromatic nitrogens is 2. The quantitative estimate of drug-likeness (QED) is 0.913. The fourth-order valence-corrected chi connectivity index (χ4v) is 2.76. The summed E-state index contributed by atoms with van der Waals surface area (Å²) in [5, 5.41) is 8.34. The van der Waals surface area contributed by atoms with Gasteiger partial charge in [0.1, 0.15) is 0 Å². The second-order valence-electron chi connectivity index (χ2n) is 4.16. The maximum Gasteiger partial charge on any atom is 0.0772 e. The third kappa shape index (κ3) is 3.28. The molecule has 0 bridgehead atoms. The van der Waals surface area contributed by atoms with Gasteiger partial charge in [0.25, 0.3) is 0 Å². The van der Waals surface area contributed by atoms with E-state index in [1.54, 1.807) is 0 Å². The molecular formula is C13H16ClN3S. The van der Waals surface area contributed by atoms with Crippen LogP contribution in [0.3, 0.4) is 0 Å². The molecule has 0 saturated heterocycles. The summed E-state index contributed by atoms with van der Waals surface area (Å²) in [6, 6.07) is 8.26. The summed E-state index contributed by atoms with van der Waals surface area (Å²) in [7, 11) is 0. The zero-order chi connectivity index (χ0) is 13.0. The van der Waals surface area contributed by atoms with E-state index in [2.05, 4.69) is 34.0 Å². The number of halogens is 1. The first kappa shape index (κ1) is 13.5. The van der Waals surface area contributed by atoms with Crippen LogP contribution in [0, 0.1) is 6.92 Å². The molecule has 0 spiro atoms. The SMILES string of the molecule is CCNC(Cc1ccc(Cl)cc1)c1snnc1C. The van der Waals surface area contributed by atoms with Gasteiger partial charge in [-0.25, -0.2) is 0 Å². The van der Waals surface area contributed by atoms with Crippen LogP contribution in [0.25, 0.3) is 0 Å². The van der Waals surface area contributed by atoms with E-state index in [9.17, 15) is 0 Å². The zero-order valence-corrected chi connectivity index (χ0v) is 12.1. The Kier molecular flexibility index (Phi) is 4.69. The van der Waals surface area contributed by atoms with Gasteiger partial charge in [-0.3, -0.25) is 0 Å². The van der Waals surface area contributed by atoms with Gasteiger partial charge in [-0.15, -0.1) is 5.10 Å². The lowest BCUT2D eigenvalue weighted by Crippen LogP contribution is -2.22. The average Bonchev–Trinajstić information content (AvgIpc) is 2.78. The lowest BCUT2D eigenvalue weighted by Gasteiger charge is -2.16. The Bertz CT molecular complexity index is 495. The zero-order valence-electron chi connectivity index (χ0n) is 10.5. The molecule has 96 valence electrons. The molecule has 2 aromatic rings. The minimum atomic E-state index is 0.274. The van der Waals surface area contributed by atoms with Crippen LogP contribution in [0.1, 0.15) is 29.1 Å². The molecule has 0 amide bonds. The van der Waals surface area contributed by atoms with Crippen molar-refractivity contribution in [2.75, 3.05) is 6.54 Å². The summed E-state index contributed by atoms with van der Waals surface area (Å²) in [6.07, 6.45) is 0.926. The van der Waals surface area contributed by atoms with Crippen LogP contribution in [-0.4, -0.2) is 16.1 Å². The number of rotatable bonds is 5. The Morgan fingerprint density at radius 3 is 2.61 bits per heavy atom. The molecule has 1 heterocycles. The summed E-state index contributed by atoms with van der Waals surface area (Å²) in [5.74, 6) is 0. The van der Waals surface area contributed by atoms with Crippen LogP contribution in [-0.2, 0) is 6.42 Å². The van der Waals surface area contributed by atoms with Crippen molar-refractivity contribution >= 4 is 23.1 Å². The van der Waals surface area contributed by atoms with Gasteiger partial charge in [0.2, 0.25) is 0 Å². The Balaban J connectivity index is 2.16. The van der Waals surface area contributed by atoms with Crippen molar-refractivity contribution < 1.29 is 0 Å². The Morgan fingerprint density at radius 1 is 1.33 bits per heavy atom.